The average molecular weight is 209 g/mol. The van der Waals surface area contributed by atoms with Gasteiger partial charge in [0.15, 0.2) is 0 Å². The van der Waals surface area contributed by atoms with Crippen molar-refractivity contribution in [2.24, 2.45) is 5.73 Å². The molecule has 2 N–H and O–H groups in total. The van der Waals surface area contributed by atoms with E-state index in [4.69, 9.17) is 15.2 Å². The van der Waals surface area contributed by atoms with Gasteiger partial charge in [-0.2, -0.15) is 0 Å². The fourth-order valence-electron chi connectivity index (χ4n) is 0.800. The van der Waals surface area contributed by atoms with Crippen LogP contribution in [-0.4, -0.2) is 49.2 Å². The first kappa shape index (κ1) is 13.0. The largest absolute Gasteiger partial charge is 0.382 e. The zero-order valence-corrected chi connectivity index (χ0v) is 8.98. The molecule has 0 heterocycles. The predicted molar refractivity (Wildman–Crippen MR) is 54.2 cm³/mol. The SMILES string of the molecule is COCCOCCCS(=O)CCN. The third-order valence-corrected chi connectivity index (χ3v) is 2.87. The Bertz CT molecular complexity index is 133. The van der Waals surface area contributed by atoms with E-state index in [-0.39, 0.29) is 0 Å². The minimum absolute atomic E-state index is 0.497. The summed E-state index contributed by atoms with van der Waals surface area (Å²) in [5.74, 6) is 1.28. The molecule has 0 aromatic heterocycles. The van der Waals surface area contributed by atoms with Crippen molar-refractivity contribution in [3.8, 4) is 0 Å². The van der Waals surface area contributed by atoms with Gasteiger partial charge in [0.1, 0.15) is 0 Å². The van der Waals surface area contributed by atoms with Gasteiger partial charge in [-0.15, -0.1) is 0 Å². The van der Waals surface area contributed by atoms with Gasteiger partial charge < -0.3 is 15.2 Å². The van der Waals surface area contributed by atoms with Crippen molar-refractivity contribution in [1.82, 2.24) is 0 Å². The maximum absolute atomic E-state index is 11.1. The van der Waals surface area contributed by atoms with E-state index in [0.717, 1.165) is 6.42 Å². The van der Waals surface area contributed by atoms with Crippen LogP contribution in [0.5, 0.6) is 0 Å². The zero-order chi connectivity index (χ0) is 9.94. The molecule has 0 aliphatic rings. The first-order chi connectivity index (χ1) is 6.31. The topological polar surface area (TPSA) is 61.5 Å². The summed E-state index contributed by atoms with van der Waals surface area (Å²) in [6, 6.07) is 0. The molecule has 5 heteroatoms. The maximum Gasteiger partial charge on any atom is 0.0700 e. The van der Waals surface area contributed by atoms with E-state index in [2.05, 4.69) is 0 Å². The summed E-state index contributed by atoms with van der Waals surface area (Å²) in [5, 5.41) is 0. The van der Waals surface area contributed by atoms with Gasteiger partial charge in [0.25, 0.3) is 0 Å². The molecular formula is C8H19NO3S. The summed E-state index contributed by atoms with van der Waals surface area (Å²) in [5.41, 5.74) is 5.26. The second-order valence-electron chi connectivity index (χ2n) is 2.60. The Morgan fingerprint density at radius 1 is 1.23 bits per heavy atom. The quantitative estimate of drug-likeness (QED) is 0.532. The fourth-order valence-corrected chi connectivity index (χ4v) is 1.71. The van der Waals surface area contributed by atoms with Crippen molar-refractivity contribution in [1.29, 1.82) is 0 Å². The number of hydrogen-bond donors (Lipinski definition) is 1. The van der Waals surface area contributed by atoms with Crippen LogP contribution in [0.25, 0.3) is 0 Å². The lowest BCUT2D eigenvalue weighted by Crippen LogP contribution is -2.14. The van der Waals surface area contributed by atoms with Crippen LogP contribution < -0.4 is 5.73 Å². The molecule has 0 aliphatic carbocycles. The van der Waals surface area contributed by atoms with Crippen LogP contribution in [0.1, 0.15) is 6.42 Å². The van der Waals surface area contributed by atoms with Crippen LogP contribution in [0.4, 0.5) is 0 Å². The first-order valence-electron chi connectivity index (χ1n) is 4.43. The number of ether oxygens (including phenoxy) is 2. The van der Waals surface area contributed by atoms with Crippen LogP contribution in [0.2, 0.25) is 0 Å². The monoisotopic (exact) mass is 209 g/mol. The minimum Gasteiger partial charge on any atom is -0.382 e. The van der Waals surface area contributed by atoms with Gasteiger partial charge in [0.2, 0.25) is 0 Å². The Balaban J connectivity index is 3.02. The van der Waals surface area contributed by atoms with Crippen molar-refractivity contribution in [2.45, 2.75) is 6.42 Å². The second-order valence-corrected chi connectivity index (χ2v) is 4.29. The van der Waals surface area contributed by atoms with Crippen LogP contribution in [0.3, 0.4) is 0 Å². The van der Waals surface area contributed by atoms with Gasteiger partial charge in [-0.05, 0) is 6.42 Å². The molecule has 1 atom stereocenters. The summed E-state index contributed by atoms with van der Waals surface area (Å²) in [6.45, 7) is 2.38. The lowest BCUT2D eigenvalue weighted by molar-refractivity contribution is 0.0713. The van der Waals surface area contributed by atoms with Crippen molar-refractivity contribution in [3.63, 3.8) is 0 Å². The highest BCUT2D eigenvalue weighted by Crippen LogP contribution is 1.88. The van der Waals surface area contributed by atoms with Gasteiger partial charge in [-0.1, -0.05) is 0 Å². The molecule has 0 spiro atoms. The molecular weight excluding hydrogens is 190 g/mol. The summed E-state index contributed by atoms with van der Waals surface area (Å²) in [6.07, 6.45) is 0.830. The molecule has 0 radical (unpaired) electrons. The fraction of sp³-hybridized carbons (Fsp3) is 1.00. The third kappa shape index (κ3) is 9.95. The molecule has 0 amide bonds. The van der Waals surface area contributed by atoms with Gasteiger partial charge in [0.05, 0.1) is 13.2 Å². The molecule has 80 valence electrons. The average Bonchev–Trinajstić information content (AvgIpc) is 2.11. The lowest BCUT2D eigenvalue weighted by Gasteiger charge is -2.02. The van der Waals surface area contributed by atoms with Crippen molar-refractivity contribution in [2.75, 3.05) is 45.0 Å². The molecule has 0 aromatic rings. The van der Waals surface area contributed by atoms with Crippen molar-refractivity contribution >= 4 is 10.8 Å². The molecule has 1 unspecified atom stereocenters. The zero-order valence-electron chi connectivity index (χ0n) is 8.16. The van der Waals surface area contributed by atoms with E-state index in [1.807, 2.05) is 0 Å². The van der Waals surface area contributed by atoms with Crippen LogP contribution >= 0.6 is 0 Å². The standard InChI is InChI=1S/C8H19NO3S/c1-11-5-6-12-4-2-7-13(10)8-3-9/h2-9H2,1H3. The van der Waals surface area contributed by atoms with E-state index in [1.165, 1.54) is 0 Å². The molecule has 0 rings (SSSR count). The third-order valence-electron chi connectivity index (χ3n) is 1.44. The lowest BCUT2D eigenvalue weighted by atomic mass is 10.5. The Morgan fingerprint density at radius 3 is 2.62 bits per heavy atom. The molecule has 0 fully saturated rings. The number of nitrogens with two attached hydrogens (primary N) is 1. The normalized spacial score (nSPS) is 13.1. The van der Waals surface area contributed by atoms with Crippen LogP contribution in [0.15, 0.2) is 0 Å². The van der Waals surface area contributed by atoms with Gasteiger partial charge in [-0.25, -0.2) is 0 Å². The summed E-state index contributed by atoms with van der Waals surface area (Å²) in [7, 11) is 0.875. The second kappa shape index (κ2) is 10.1. The Kier molecular flexibility index (Phi) is 10.1. The highest BCUT2D eigenvalue weighted by atomic mass is 32.2. The number of hydrogen-bond acceptors (Lipinski definition) is 4. The molecule has 0 aliphatic heterocycles. The smallest absolute Gasteiger partial charge is 0.0700 e. The van der Waals surface area contributed by atoms with Gasteiger partial charge >= 0.3 is 0 Å². The van der Waals surface area contributed by atoms with Crippen LogP contribution in [-0.2, 0) is 20.3 Å². The van der Waals surface area contributed by atoms with E-state index < -0.39 is 10.8 Å². The van der Waals surface area contributed by atoms with Crippen LogP contribution in [0, 0.1) is 0 Å². The van der Waals surface area contributed by atoms with E-state index in [9.17, 15) is 4.21 Å². The Morgan fingerprint density at radius 2 is 2.00 bits per heavy atom. The molecule has 0 aromatic carbocycles. The minimum atomic E-state index is -0.764. The van der Waals surface area contributed by atoms with E-state index in [0.29, 0.717) is 37.9 Å². The summed E-state index contributed by atoms with van der Waals surface area (Å²) < 4.78 is 21.1. The van der Waals surface area contributed by atoms with E-state index >= 15 is 0 Å². The summed E-state index contributed by atoms with van der Waals surface area (Å²) in [4.78, 5) is 0. The molecule has 0 bridgehead atoms. The highest BCUT2D eigenvalue weighted by Gasteiger charge is 1.97. The van der Waals surface area contributed by atoms with E-state index in [1.54, 1.807) is 7.11 Å². The molecule has 4 nitrogen and oxygen atoms in total. The molecule has 0 saturated heterocycles. The maximum atomic E-state index is 11.1. The number of rotatable bonds is 9. The first-order valence-corrected chi connectivity index (χ1v) is 5.91. The molecule has 13 heavy (non-hydrogen) atoms. The Labute approximate surface area is 82.2 Å². The Hall–Kier alpha value is 0.0300. The van der Waals surface area contributed by atoms with Gasteiger partial charge in [0, 0.05) is 42.6 Å². The molecule has 0 saturated carbocycles. The van der Waals surface area contributed by atoms with Crippen molar-refractivity contribution in [3.05, 3.63) is 0 Å². The predicted octanol–water partition coefficient (Wildman–Crippen LogP) is -0.253. The van der Waals surface area contributed by atoms with Crippen molar-refractivity contribution < 1.29 is 13.7 Å². The number of methoxy groups -OCH3 is 1. The highest BCUT2D eigenvalue weighted by molar-refractivity contribution is 7.84. The van der Waals surface area contributed by atoms with Gasteiger partial charge in [-0.3, -0.25) is 4.21 Å². The summed E-state index contributed by atoms with van der Waals surface area (Å²) >= 11 is 0.